The van der Waals surface area contributed by atoms with Crippen molar-refractivity contribution in [2.45, 2.75) is 32.7 Å². The average Bonchev–Trinajstić information content (AvgIpc) is 2.46. The molecule has 0 bridgehead atoms. The molecule has 0 aliphatic carbocycles. The van der Waals surface area contributed by atoms with Crippen LogP contribution in [0.5, 0.6) is 0 Å². The maximum Gasteiger partial charge on any atom is 0.0360 e. The molecule has 2 N–H and O–H groups in total. The van der Waals surface area contributed by atoms with E-state index in [4.69, 9.17) is 0 Å². The fourth-order valence-corrected chi connectivity index (χ4v) is 1.69. The van der Waals surface area contributed by atoms with Gasteiger partial charge in [0.1, 0.15) is 0 Å². The maximum absolute atomic E-state index is 3.47. The molecule has 1 aliphatic rings. The first-order valence-corrected chi connectivity index (χ1v) is 4.68. The highest BCUT2D eigenvalue weighted by Crippen LogP contribution is 2.20. The number of aromatic amines is 1. The van der Waals surface area contributed by atoms with Crippen LogP contribution in [-0.2, 0) is 13.0 Å². The molecule has 1 aromatic heterocycles. The fourth-order valence-electron chi connectivity index (χ4n) is 1.69. The third kappa shape index (κ3) is 1.27. The van der Waals surface area contributed by atoms with E-state index in [1.165, 1.54) is 23.4 Å². The highest BCUT2D eigenvalue weighted by atomic mass is 14.9. The van der Waals surface area contributed by atoms with Crippen LogP contribution >= 0.6 is 0 Å². The minimum Gasteiger partial charge on any atom is -0.361 e. The summed E-state index contributed by atoms with van der Waals surface area (Å²) < 4.78 is 0. The second-order valence-electron chi connectivity index (χ2n) is 3.81. The lowest BCUT2D eigenvalue weighted by Crippen LogP contribution is -2.22. The van der Waals surface area contributed by atoms with Crippen LogP contribution in [0.4, 0.5) is 0 Å². The van der Waals surface area contributed by atoms with E-state index in [1.54, 1.807) is 0 Å². The topological polar surface area (TPSA) is 27.8 Å². The predicted octanol–water partition coefficient (Wildman–Crippen LogP) is 1.78. The molecule has 0 amide bonds. The van der Waals surface area contributed by atoms with Crippen molar-refractivity contribution in [3.8, 4) is 0 Å². The molecule has 0 aromatic carbocycles. The Labute approximate surface area is 73.4 Å². The van der Waals surface area contributed by atoms with Gasteiger partial charge in [-0.3, -0.25) is 0 Å². The fraction of sp³-hybridized carbons (Fsp3) is 0.600. The Morgan fingerprint density at radius 3 is 2.92 bits per heavy atom. The summed E-state index contributed by atoms with van der Waals surface area (Å²) in [7, 11) is 0. The largest absolute Gasteiger partial charge is 0.361 e. The Morgan fingerprint density at radius 1 is 1.42 bits per heavy atom. The molecular weight excluding hydrogens is 148 g/mol. The summed E-state index contributed by atoms with van der Waals surface area (Å²) in [5, 5.41) is 3.36. The molecule has 0 radical (unpaired) electrons. The van der Waals surface area contributed by atoms with Crippen molar-refractivity contribution in [3.63, 3.8) is 0 Å². The van der Waals surface area contributed by atoms with E-state index in [2.05, 4.69) is 30.2 Å². The number of aromatic nitrogens is 1. The molecule has 66 valence electrons. The lowest BCUT2D eigenvalue weighted by Gasteiger charge is -2.11. The summed E-state index contributed by atoms with van der Waals surface area (Å²) in [6.07, 6.45) is 1.18. The van der Waals surface area contributed by atoms with E-state index in [1.807, 2.05) is 0 Å². The minimum atomic E-state index is 0.621. The Morgan fingerprint density at radius 2 is 2.25 bits per heavy atom. The number of hydrogen-bond acceptors (Lipinski definition) is 1. The molecule has 0 unspecified atom stereocenters. The smallest absolute Gasteiger partial charge is 0.0360 e. The molecular formula is C10H16N2. The summed E-state index contributed by atoms with van der Waals surface area (Å²) in [5.41, 5.74) is 4.28. The molecule has 12 heavy (non-hydrogen) atoms. The molecule has 1 aliphatic heterocycles. The van der Waals surface area contributed by atoms with Crippen molar-refractivity contribution < 1.29 is 0 Å². The Kier molecular flexibility index (Phi) is 1.93. The van der Waals surface area contributed by atoms with E-state index in [0.717, 1.165) is 13.1 Å². The highest BCUT2D eigenvalue weighted by molar-refractivity contribution is 5.29. The Bertz CT molecular complexity index is 250. The molecule has 2 nitrogen and oxygen atoms in total. The molecule has 0 spiro atoms. The number of fused-ring (bicyclic) bond motifs is 1. The van der Waals surface area contributed by atoms with Crippen molar-refractivity contribution in [3.05, 3.63) is 23.0 Å². The monoisotopic (exact) mass is 164 g/mol. The molecule has 2 rings (SSSR count). The standard InChI is InChI=1S/C10H16N2/c1-7(2)9-5-8-3-4-11-6-10(8)12-9/h5,7,11-12H,3-4,6H2,1-2H3. The van der Waals surface area contributed by atoms with Gasteiger partial charge in [-0.05, 0) is 30.5 Å². The molecule has 2 heterocycles. The van der Waals surface area contributed by atoms with Gasteiger partial charge in [0, 0.05) is 17.9 Å². The van der Waals surface area contributed by atoms with Gasteiger partial charge < -0.3 is 10.3 Å². The molecule has 0 atom stereocenters. The summed E-state index contributed by atoms with van der Waals surface area (Å²) in [4.78, 5) is 3.47. The molecule has 2 heteroatoms. The van der Waals surface area contributed by atoms with E-state index < -0.39 is 0 Å². The zero-order valence-corrected chi connectivity index (χ0v) is 7.78. The number of nitrogens with one attached hydrogen (secondary N) is 2. The molecule has 0 fully saturated rings. The summed E-state index contributed by atoms with van der Waals surface area (Å²) in [5.74, 6) is 0.621. The van der Waals surface area contributed by atoms with Crippen LogP contribution in [0.2, 0.25) is 0 Å². The third-order valence-electron chi connectivity index (χ3n) is 2.51. The number of hydrogen-bond donors (Lipinski definition) is 2. The highest BCUT2D eigenvalue weighted by Gasteiger charge is 2.12. The second-order valence-corrected chi connectivity index (χ2v) is 3.81. The van der Waals surface area contributed by atoms with Gasteiger partial charge in [0.2, 0.25) is 0 Å². The Balaban J connectivity index is 2.32. The summed E-state index contributed by atoms with van der Waals surface area (Å²) >= 11 is 0. The lowest BCUT2D eigenvalue weighted by molar-refractivity contribution is 0.633. The van der Waals surface area contributed by atoms with E-state index in [-0.39, 0.29) is 0 Å². The minimum absolute atomic E-state index is 0.621. The van der Waals surface area contributed by atoms with E-state index >= 15 is 0 Å². The van der Waals surface area contributed by atoms with Crippen molar-refractivity contribution in [1.29, 1.82) is 0 Å². The molecule has 1 aromatic rings. The van der Waals surface area contributed by atoms with Crippen molar-refractivity contribution in [2.24, 2.45) is 0 Å². The zero-order chi connectivity index (χ0) is 8.55. The number of H-pyrrole nitrogens is 1. The van der Waals surface area contributed by atoms with Crippen molar-refractivity contribution >= 4 is 0 Å². The first kappa shape index (κ1) is 7.87. The summed E-state index contributed by atoms with van der Waals surface area (Å²) in [6, 6.07) is 2.32. The second kappa shape index (κ2) is 2.94. The van der Waals surface area contributed by atoms with Crippen LogP contribution in [-0.4, -0.2) is 11.5 Å². The average molecular weight is 164 g/mol. The lowest BCUT2D eigenvalue weighted by atomic mass is 10.1. The van der Waals surface area contributed by atoms with Crippen molar-refractivity contribution in [2.75, 3.05) is 6.54 Å². The predicted molar refractivity (Wildman–Crippen MR) is 50.3 cm³/mol. The van der Waals surface area contributed by atoms with Crippen LogP contribution in [0, 0.1) is 0 Å². The van der Waals surface area contributed by atoms with Gasteiger partial charge in [-0.1, -0.05) is 13.8 Å². The van der Waals surface area contributed by atoms with E-state index in [9.17, 15) is 0 Å². The Hall–Kier alpha value is -0.760. The first-order valence-electron chi connectivity index (χ1n) is 4.68. The normalized spacial score (nSPS) is 16.6. The third-order valence-corrected chi connectivity index (χ3v) is 2.51. The van der Waals surface area contributed by atoms with Gasteiger partial charge in [0.05, 0.1) is 0 Å². The maximum atomic E-state index is 3.47. The van der Waals surface area contributed by atoms with Crippen molar-refractivity contribution in [1.82, 2.24) is 10.3 Å². The van der Waals surface area contributed by atoms with Crippen LogP contribution in [0.3, 0.4) is 0 Å². The van der Waals surface area contributed by atoms with Gasteiger partial charge in [0.15, 0.2) is 0 Å². The summed E-state index contributed by atoms with van der Waals surface area (Å²) in [6.45, 7) is 6.60. The molecule has 0 saturated carbocycles. The van der Waals surface area contributed by atoms with Crippen LogP contribution in [0.25, 0.3) is 0 Å². The van der Waals surface area contributed by atoms with Gasteiger partial charge in [-0.2, -0.15) is 0 Å². The van der Waals surface area contributed by atoms with Crippen LogP contribution < -0.4 is 5.32 Å². The van der Waals surface area contributed by atoms with Crippen LogP contribution in [0.1, 0.15) is 36.7 Å². The van der Waals surface area contributed by atoms with Gasteiger partial charge in [0.25, 0.3) is 0 Å². The van der Waals surface area contributed by atoms with Gasteiger partial charge in [-0.15, -0.1) is 0 Å². The van der Waals surface area contributed by atoms with Gasteiger partial charge in [-0.25, -0.2) is 0 Å². The first-order chi connectivity index (χ1) is 5.77. The SMILES string of the molecule is CC(C)c1cc2c([nH]1)CNCC2. The van der Waals surface area contributed by atoms with E-state index in [0.29, 0.717) is 5.92 Å². The zero-order valence-electron chi connectivity index (χ0n) is 7.78. The number of rotatable bonds is 1. The van der Waals surface area contributed by atoms with Crippen LogP contribution in [0.15, 0.2) is 6.07 Å². The molecule has 0 saturated heterocycles. The van der Waals surface area contributed by atoms with Gasteiger partial charge >= 0.3 is 0 Å². The quantitative estimate of drug-likeness (QED) is 0.650.